The third kappa shape index (κ3) is 2.65. The maximum Gasteiger partial charge on any atom is 0.340 e. The lowest BCUT2D eigenvalue weighted by Crippen LogP contribution is -2.04. The summed E-state index contributed by atoms with van der Waals surface area (Å²) >= 11 is 0. The number of carbonyl (C=O) groups excluding carboxylic acids is 1. The first-order chi connectivity index (χ1) is 10.3. The summed E-state index contributed by atoms with van der Waals surface area (Å²) in [5.41, 5.74) is 2.52. The van der Waals surface area contributed by atoms with Crippen LogP contribution >= 0.6 is 0 Å². The van der Waals surface area contributed by atoms with Gasteiger partial charge in [0, 0.05) is 24.3 Å². The first-order valence-corrected chi connectivity index (χ1v) is 6.94. The summed E-state index contributed by atoms with van der Waals surface area (Å²) in [5, 5.41) is 0.826. The molecule has 2 heterocycles. The van der Waals surface area contributed by atoms with E-state index >= 15 is 0 Å². The Hall–Kier alpha value is -2.62. The van der Waals surface area contributed by atoms with Crippen LogP contribution in [0.15, 0.2) is 54.9 Å². The minimum absolute atomic E-state index is 0.303. The molecule has 0 spiro atoms. The Kier molecular flexibility index (Phi) is 3.69. The molecule has 0 atom stereocenters. The van der Waals surface area contributed by atoms with E-state index in [4.69, 9.17) is 4.74 Å². The normalized spacial score (nSPS) is 10.7. The van der Waals surface area contributed by atoms with Crippen molar-refractivity contribution >= 4 is 17.0 Å². The van der Waals surface area contributed by atoms with Crippen LogP contribution in [0.5, 0.6) is 0 Å². The van der Waals surface area contributed by atoms with E-state index in [0.717, 1.165) is 16.6 Å². The molecule has 4 heteroatoms. The molecular weight excluding hydrogens is 264 g/mol. The summed E-state index contributed by atoms with van der Waals surface area (Å²) < 4.78 is 7.10. The van der Waals surface area contributed by atoms with Crippen molar-refractivity contribution in [2.45, 2.75) is 13.5 Å². The summed E-state index contributed by atoms with van der Waals surface area (Å²) in [5.74, 6) is -0.303. The zero-order valence-corrected chi connectivity index (χ0v) is 11.8. The molecule has 0 aliphatic carbocycles. The van der Waals surface area contributed by atoms with Crippen molar-refractivity contribution < 1.29 is 9.53 Å². The molecule has 0 amide bonds. The number of aromatic nitrogens is 2. The number of rotatable bonds is 4. The third-order valence-corrected chi connectivity index (χ3v) is 3.32. The summed E-state index contributed by atoms with van der Waals surface area (Å²) in [6.45, 7) is 2.84. The molecule has 2 aromatic heterocycles. The van der Waals surface area contributed by atoms with Crippen molar-refractivity contribution in [1.29, 1.82) is 0 Å². The van der Waals surface area contributed by atoms with Gasteiger partial charge in [-0.3, -0.25) is 0 Å². The molecule has 3 rings (SSSR count). The van der Waals surface area contributed by atoms with Gasteiger partial charge in [-0.25, -0.2) is 9.78 Å². The largest absolute Gasteiger partial charge is 0.462 e. The third-order valence-electron chi connectivity index (χ3n) is 3.32. The highest BCUT2D eigenvalue weighted by atomic mass is 16.5. The van der Waals surface area contributed by atoms with Crippen LogP contribution in [0.2, 0.25) is 0 Å². The molecule has 0 fully saturated rings. The fourth-order valence-electron chi connectivity index (χ4n) is 2.39. The van der Waals surface area contributed by atoms with Gasteiger partial charge < -0.3 is 9.30 Å². The maximum atomic E-state index is 12.1. The van der Waals surface area contributed by atoms with Gasteiger partial charge >= 0.3 is 5.97 Å². The molecule has 0 radical (unpaired) electrons. The van der Waals surface area contributed by atoms with Gasteiger partial charge in [-0.2, -0.15) is 0 Å². The zero-order chi connectivity index (χ0) is 14.7. The average Bonchev–Trinajstić information content (AvgIpc) is 2.88. The standard InChI is InChI=1S/C17H16N2O2/c1-2-21-17(20)15-12-19(11-13-7-4-3-5-8-13)16-14(15)9-6-10-18-16/h3-10,12H,2,11H2,1H3. The van der Waals surface area contributed by atoms with Crippen LogP contribution in [0.25, 0.3) is 11.0 Å². The Morgan fingerprint density at radius 1 is 1.19 bits per heavy atom. The summed E-state index contributed by atoms with van der Waals surface area (Å²) in [6.07, 6.45) is 3.56. The minimum Gasteiger partial charge on any atom is -0.462 e. The van der Waals surface area contributed by atoms with Gasteiger partial charge in [0.15, 0.2) is 0 Å². The molecular formula is C17H16N2O2. The topological polar surface area (TPSA) is 44.1 Å². The number of fused-ring (bicyclic) bond motifs is 1. The van der Waals surface area contributed by atoms with E-state index in [-0.39, 0.29) is 5.97 Å². The monoisotopic (exact) mass is 280 g/mol. The number of pyridine rings is 1. The van der Waals surface area contributed by atoms with E-state index in [1.165, 1.54) is 0 Å². The number of esters is 1. The van der Waals surface area contributed by atoms with Crippen molar-refractivity contribution in [3.63, 3.8) is 0 Å². The van der Waals surface area contributed by atoms with Gasteiger partial charge in [0.2, 0.25) is 0 Å². The average molecular weight is 280 g/mol. The molecule has 106 valence electrons. The minimum atomic E-state index is -0.303. The smallest absolute Gasteiger partial charge is 0.340 e. The molecule has 0 N–H and O–H groups in total. The summed E-state index contributed by atoms with van der Waals surface area (Å²) in [7, 11) is 0. The summed E-state index contributed by atoms with van der Waals surface area (Å²) in [6, 6.07) is 13.8. The van der Waals surface area contributed by atoms with Crippen molar-refractivity contribution in [2.24, 2.45) is 0 Å². The van der Waals surface area contributed by atoms with Gasteiger partial charge in [0.1, 0.15) is 5.65 Å². The second-order valence-corrected chi connectivity index (χ2v) is 4.75. The SMILES string of the molecule is CCOC(=O)c1cn(Cc2ccccc2)c2ncccc12. The molecule has 3 aromatic rings. The highest BCUT2D eigenvalue weighted by Gasteiger charge is 2.16. The van der Waals surface area contributed by atoms with E-state index in [0.29, 0.717) is 18.7 Å². The first-order valence-electron chi connectivity index (χ1n) is 6.94. The molecule has 0 saturated carbocycles. The van der Waals surface area contributed by atoms with Gasteiger partial charge in [0.05, 0.1) is 12.2 Å². The van der Waals surface area contributed by atoms with Gasteiger partial charge in [0.25, 0.3) is 0 Å². The molecule has 0 aliphatic heterocycles. The van der Waals surface area contributed by atoms with Crippen LogP contribution in [0, 0.1) is 0 Å². The van der Waals surface area contributed by atoms with Crippen LogP contribution in [-0.2, 0) is 11.3 Å². The molecule has 0 bridgehead atoms. The molecule has 0 aliphatic rings. The molecule has 0 unspecified atom stereocenters. The van der Waals surface area contributed by atoms with Crippen LogP contribution in [-0.4, -0.2) is 22.1 Å². The number of nitrogens with zero attached hydrogens (tertiary/aromatic N) is 2. The van der Waals surface area contributed by atoms with Crippen molar-refractivity contribution in [2.75, 3.05) is 6.61 Å². The Morgan fingerprint density at radius 3 is 2.76 bits per heavy atom. The van der Waals surface area contributed by atoms with Crippen molar-refractivity contribution in [3.8, 4) is 0 Å². The van der Waals surface area contributed by atoms with Crippen LogP contribution < -0.4 is 0 Å². The lowest BCUT2D eigenvalue weighted by Gasteiger charge is -2.04. The fourth-order valence-corrected chi connectivity index (χ4v) is 2.39. The number of hydrogen-bond acceptors (Lipinski definition) is 3. The predicted octanol–water partition coefficient (Wildman–Crippen LogP) is 3.26. The van der Waals surface area contributed by atoms with Crippen LogP contribution in [0.1, 0.15) is 22.8 Å². The van der Waals surface area contributed by atoms with E-state index in [1.54, 1.807) is 13.1 Å². The molecule has 4 nitrogen and oxygen atoms in total. The van der Waals surface area contributed by atoms with E-state index in [2.05, 4.69) is 17.1 Å². The second kappa shape index (κ2) is 5.79. The maximum absolute atomic E-state index is 12.1. The van der Waals surface area contributed by atoms with Gasteiger partial charge in [-0.1, -0.05) is 30.3 Å². The van der Waals surface area contributed by atoms with Gasteiger partial charge in [-0.15, -0.1) is 0 Å². The Labute approximate surface area is 123 Å². The Morgan fingerprint density at radius 2 is 2.00 bits per heavy atom. The number of hydrogen-bond donors (Lipinski definition) is 0. The number of benzene rings is 1. The molecule has 1 aromatic carbocycles. The second-order valence-electron chi connectivity index (χ2n) is 4.75. The number of ether oxygens (including phenoxy) is 1. The van der Waals surface area contributed by atoms with E-state index in [9.17, 15) is 4.79 Å². The highest BCUT2D eigenvalue weighted by molar-refractivity contribution is 6.03. The van der Waals surface area contributed by atoms with Crippen LogP contribution in [0.4, 0.5) is 0 Å². The Balaban J connectivity index is 2.05. The summed E-state index contributed by atoms with van der Waals surface area (Å²) in [4.78, 5) is 16.5. The number of carbonyl (C=O) groups is 1. The molecule has 0 saturated heterocycles. The lowest BCUT2D eigenvalue weighted by molar-refractivity contribution is 0.0528. The van der Waals surface area contributed by atoms with Crippen molar-refractivity contribution in [3.05, 3.63) is 66.0 Å². The quantitative estimate of drug-likeness (QED) is 0.689. The van der Waals surface area contributed by atoms with Gasteiger partial charge in [-0.05, 0) is 24.6 Å². The van der Waals surface area contributed by atoms with Crippen molar-refractivity contribution in [1.82, 2.24) is 9.55 Å². The van der Waals surface area contributed by atoms with Crippen LogP contribution in [0.3, 0.4) is 0 Å². The fraction of sp³-hybridized carbons (Fsp3) is 0.176. The van der Waals surface area contributed by atoms with E-state index < -0.39 is 0 Å². The predicted molar refractivity (Wildman–Crippen MR) is 81.2 cm³/mol. The van der Waals surface area contributed by atoms with E-state index in [1.807, 2.05) is 41.1 Å². The molecule has 21 heavy (non-hydrogen) atoms. The highest BCUT2D eigenvalue weighted by Crippen LogP contribution is 2.21. The zero-order valence-electron chi connectivity index (χ0n) is 11.8. The Bertz CT molecular complexity index is 763. The lowest BCUT2D eigenvalue weighted by atomic mass is 10.2. The first kappa shape index (κ1) is 13.4.